The summed E-state index contributed by atoms with van der Waals surface area (Å²) in [5.74, 6) is -0.533. The molecule has 1 N–H and O–H groups in total. The van der Waals surface area contributed by atoms with E-state index in [1.54, 1.807) is 23.0 Å². The van der Waals surface area contributed by atoms with Gasteiger partial charge in [0.2, 0.25) is 0 Å². The van der Waals surface area contributed by atoms with E-state index in [-0.39, 0.29) is 22.8 Å². The van der Waals surface area contributed by atoms with Crippen molar-refractivity contribution >= 4 is 5.91 Å². The first-order valence-corrected chi connectivity index (χ1v) is 7.05. The van der Waals surface area contributed by atoms with Gasteiger partial charge in [0.15, 0.2) is 5.69 Å². The lowest BCUT2D eigenvalue weighted by Crippen LogP contribution is -2.48. The molecule has 0 saturated carbocycles. The van der Waals surface area contributed by atoms with Gasteiger partial charge in [-0.3, -0.25) is 4.79 Å². The number of carbonyl (C=O) groups excluding carboxylic acids is 1. The molecule has 1 aromatic heterocycles. The molecular weight excluding hydrogens is 287 g/mol. The number of ether oxygens (including phenoxy) is 1. The van der Waals surface area contributed by atoms with Crippen LogP contribution in [0.2, 0.25) is 0 Å². The summed E-state index contributed by atoms with van der Waals surface area (Å²) in [6.07, 6.45) is 1.58. The lowest BCUT2D eigenvalue weighted by molar-refractivity contribution is -0.0978. The smallest absolute Gasteiger partial charge is 0.273 e. The van der Waals surface area contributed by atoms with Crippen LogP contribution in [-0.2, 0) is 11.3 Å². The molecule has 1 saturated heterocycles. The topological polar surface area (TPSA) is 69.0 Å². The Balaban J connectivity index is 1.58. The van der Waals surface area contributed by atoms with Gasteiger partial charge in [-0.25, -0.2) is 9.07 Å². The van der Waals surface area contributed by atoms with Crippen molar-refractivity contribution in [3.63, 3.8) is 0 Å². The van der Waals surface area contributed by atoms with Crippen LogP contribution in [0, 0.1) is 11.2 Å². The zero-order valence-corrected chi connectivity index (χ0v) is 12.3. The molecule has 1 aliphatic heterocycles. The van der Waals surface area contributed by atoms with E-state index < -0.39 is 0 Å². The largest absolute Gasteiger partial charge is 0.380 e. The summed E-state index contributed by atoms with van der Waals surface area (Å²) in [6, 6.07) is 6.13. The number of hydrogen-bond acceptors (Lipinski definition) is 4. The second-order valence-electron chi connectivity index (χ2n) is 5.91. The van der Waals surface area contributed by atoms with Gasteiger partial charge in [-0.1, -0.05) is 24.3 Å². The molecule has 0 atom stereocenters. The molecule has 7 heteroatoms. The lowest BCUT2D eigenvalue weighted by Gasteiger charge is -2.37. The Labute approximate surface area is 127 Å². The molecule has 3 rings (SSSR count). The summed E-state index contributed by atoms with van der Waals surface area (Å²) in [7, 11) is 0. The minimum Gasteiger partial charge on any atom is -0.380 e. The predicted molar refractivity (Wildman–Crippen MR) is 76.8 cm³/mol. The normalized spacial score (nSPS) is 16.1. The summed E-state index contributed by atoms with van der Waals surface area (Å²) in [6.45, 7) is 4.36. The van der Waals surface area contributed by atoms with Crippen molar-refractivity contribution in [2.24, 2.45) is 5.41 Å². The molecule has 6 nitrogen and oxygen atoms in total. The highest BCUT2D eigenvalue weighted by molar-refractivity contribution is 5.91. The van der Waals surface area contributed by atoms with E-state index in [9.17, 15) is 9.18 Å². The minimum atomic E-state index is -0.282. The van der Waals surface area contributed by atoms with Gasteiger partial charge >= 0.3 is 0 Å². The summed E-state index contributed by atoms with van der Waals surface area (Å²) in [4.78, 5) is 12.0. The Bertz CT molecular complexity index is 664. The van der Waals surface area contributed by atoms with Crippen LogP contribution in [0.1, 0.15) is 23.0 Å². The second-order valence-corrected chi connectivity index (χ2v) is 5.91. The third-order valence-electron chi connectivity index (χ3n) is 3.61. The number of aromatic nitrogens is 3. The van der Waals surface area contributed by atoms with Crippen molar-refractivity contribution in [2.75, 3.05) is 19.8 Å². The van der Waals surface area contributed by atoms with Gasteiger partial charge in [-0.2, -0.15) is 0 Å². The van der Waals surface area contributed by atoms with Crippen molar-refractivity contribution in [2.45, 2.75) is 13.5 Å². The zero-order chi connectivity index (χ0) is 15.6. The van der Waals surface area contributed by atoms with E-state index in [4.69, 9.17) is 4.74 Å². The van der Waals surface area contributed by atoms with Gasteiger partial charge in [-0.05, 0) is 17.7 Å². The van der Waals surface area contributed by atoms with Crippen LogP contribution in [-0.4, -0.2) is 40.7 Å². The summed E-state index contributed by atoms with van der Waals surface area (Å²) >= 11 is 0. The Morgan fingerprint density at radius 3 is 2.77 bits per heavy atom. The fourth-order valence-corrected chi connectivity index (χ4v) is 2.19. The number of halogens is 1. The third-order valence-corrected chi connectivity index (χ3v) is 3.61. The zero-order valence-electron chi connectivity index (χ0n) is 12.3. The second kappa shape index (κ2) is 5.84. The van der Waals surface area contributed by atoms with Gasteiger partial charge < -0.3 is 10.1 Å². The number of carbonyl (C=O) groups is 1. The Kier molecular flexibility index (Phi) is 3.89. The molecule has 0 radical (unpaired) electrons. The maximum Gasteiger partial charge on any atom is 0.273 e. The number of nitrogens with zero attached hydrogens (tertiary/aromatic N) is 3. The highest BCUT2D eigenvalue weighted by Crippen LogP contribution is 2.25. The maximum atomic E-state index is 12.9. The van der Waals surface area contributed by atoms with Crippen LogP contribution in [0.3, 0.4) is 0 Å². The molecular formula is C15H17FN4O2. The first-order valence-electron chi connectivity index (χ1n) is 7.05. The average molecular weight is 304 g/mol. The first-order chi connectivity index (χ1) is 10.5. The molecule has 2 heterocycles. The van der Waals surface area contributed by atoms with Crippen molar-refractivity contribution in [3.8, 4) is 0 Å². The number of benzene rings is 1. The van der Waals surface area contributed by atoms with Crippen LogP contribution in [0.5, 0.6) is 0 Å². The van der Waals surface area contributed by atoms with Gasteiger partial charge in [0, 0.05) is 12.0 Å². The van der Waals surface area contributed by atoms with E-state index >= 15 is 0 Å². The van der Waals surface area contributed by atoms with Gasteiger partial charge in [0.05, 0.1) is 26.0 Å². The van der Waals surface area contributed by atoms with Gasteiger partial charge in [0.1, 0.15) is 5.82 Å². The monoisotopic (exact) mass is 304 g/mol. The third kappa shape index (κ3) is 3.30. The van der Waals surface area contributed by atoms with Crippen LogP contribution in [0.4, 0.5) is 4.39 Å². The van der Waals surface area contributed by atoms with Gasteiger partial charge in [0.25, 0.3) is 5.91 Å². The SMILES string of the molecule is CC1(CNC(=O)c2cn(Cc3ccc(F)cc3)nn2)COC1. The standard InChI is InChI=1S/C15H17FN4O2/c1-15(9-22-10-15)8-17-14(21)13-7-20(19-18-13)6-11-2-4-12(16)5-3-11/h2-5,7H,6,8-10H2,1H3,(H,17,21). The molecule has 2 aromatic rings. The molecule has 0 unspecified atom stereocenters. The van der Waals surface area contributed by atoms with E-state index in [0.717, 1.165) is 5.56 Å². The number of amides is 1. The fourth-order valence-electron chi connectivity index (χ4n) is 2.19. The van der Waals surface area contributed by atoms with Crippen LogP contribution >= 0.6 is 0 Å². The number of rotatable bonds is 5. The maximum absolute atomic E-state index is 12.9. The van der Waals surface area contributed by atoms with Crippen molar-refractivity contribution < 1.29 is 13.9 Å². The van der Waals surface area contributed by atoms with Gasteiger partial charge in [-0.15, -0.1) is 5.10 Å². The summed E-state index contributed by atoms with van der Waals surface area (Å²) < 4.78 is 19.6. The molecule has 22 heavy (non-hydrogen) atoms. The molecule has 116 valence electrons. The molecule has 1 fully saturated rings. The Morgan fingerprint density at radius 2 is 2.14 bits per heavy atom. The number of hydrogen-bond donors (Lipinski definition) is 1. The highest BCUT2D eigenvalue weighted by atomic mass is 19.1. The molecule has 0 aliphatic carbocycles. The van der Waals surface area contributed by atoms with E-state index in [1.165, 1.54) is 12.1 Å². The molecule has 0 bridgehead atoms. The van der Waals surface area contributed by atoms with E-state index in [2.05, 4.69) is 22.6 Å². The average Bonchev–Trinajstić information content (AvgIpc) is 2.94. The number of nitrogens with one attached hydrogen (secondary N) is 1. The Morgan fingerprint density at radius 1 is 1.41 bits per heavy atom. The first kappa shape index (κ1) is 14.6. The van der Waals surface area contributed by atoms with Crippen LogP contribution in [0.25, 0.3) is 0 Å². The summed E-state index contributed by atoms with van der Waals surface area (Å²) in [5, 5.41) is 10.6. The van der Waals surface area contributed by atoms with Crippen molar-refractivity contribution in [3.05, 3.63) is 47.5 Å². The molecule has 1 aliphatic rings. The lowest BCUT2D eigenvalue weighted by atomic mass is 9.89. The minimum absolute atomic E-state index is 0.0137. The van der Waals surface area contributed by atoms with E-state index in [1.807, 2.05) is 0 Å². The molecule has 1 amide bonds. The van der Waals surface area contributed by atoms with Crippen LogP contribution < -0.4 is 5.32 Å². The predicted octanol–water partition coefficient (Wildman–Crippen LogP) is 1.23. The van der Waals surface area contributed by atoms with E-state index in [0.29, 0.717) is 26.3 Å². The Hall–Kier alpha value is -2.28. The fraction of sp³-hybridized carbons (Fsp3) is 0.400. The molecule has 0 spiro atoms. The summed E-state index contributed by atoms with van der Waals surface area (Å²) in [5.41, 5.74) is 1.17. The van der Waals surface area contributed by atoms with Crippen molar-refractivity contribution in [1.82, 2.24) is 20.3 Å². The highest BCUT2D eigenvalue weighted by Gasteiger charge is 2.33. The van der Waals surface area contributed by atoms with Crippen LogP contribution in [0.15, 0.2) is 30.5 Å². The molecule has 1 aromatic carbocycles. The van der Waals surface area contributed by atoms with Crippen molar-refractivity contribution in [1.29, 1.82) is 0 Å². The quantitative estimate of drug-likeness (QED) is 0.902.